The highest BCUT2D eigenvalue weighted by Gasteiger charge is 2.48. The first-order chi connectivity index (χ1) is 9.08. The standard InChI is InChI=1S/C14H24N2O3/c1-10-3-7-16(8-4-10)6-2-5-15-13(17)11-9-12(11)14(18)19/h10-12H,2-9H2,1H3,(H,15,17)(H,18,19). The number of rotatable bonds is 6. The molecule has 1 saturated carbocycles. The lowest BCUT2D eigenvalue weighted by atomic mass is 9.99. The first kappa shape index (κ1) is 14.3. The molecule has 0 bridgehead atoms. The minimum absolute atomic E-state index is 0.0836. The zero-order valence-electron chi connectivity index (χ0n) is 11.6. The SMILES string of the molecule is CC1CCN(CCCNC(=O)C2CC2C(=O)O)CC1. The Bertz CT molecular complexity index is 338. The van der Waals surface area contributed by atoms with Gasteiger partial charge in [0.1, 0.15) is 0 Å². The van der Waals surface area contributed by atoms with Crippen molar-refractivity contribution in [1.82, 2.24) is 10.2 Å². The highest BCUT2D eigenvalue weighted by atomic mass is 16.4. The van der Waals surface area contributed by atoms with Crippen LogP contribution in [0.1, 0.15) is 32.6 Å². The molecule has 0 aromatic carbocycles. The van der Waals surface area contributed by atoms with Gasteiger partial charge in [-0.05, 0) is 51.2 Å². The lowest BCUT2D eigenvalue weighted by Gasteiger charge is -2.30. The van der Waals surface area contributed by atoms with E-state index in [0.717, 1.165) is 18.9 Å². The fourth-order valence-electron chi connectivity index (χ4n) is 2.69. The zero-order chi connectivity index (χ0) is 13.8. The summed E-state index contributed by atoms with van der Waals surface area (Å²) < 4.78 is 0. The lowest BCUT2D eigenvalue weighted by molar-refractivity contribution is -0.140. The van der Waals surface area contributed by atoms with Crippen LogP contribution in [0.3, 0.4) is 0 Å². The van der Waals surface area contributed by atoms with Gasteiger partial charge in [-0.3, -0.25) is 9.59 Å². The molecule has 1 heterocycles. The van der Waals surface area contributed by atoms with E-state index < -0.39 is 11.9 Å². The molecule has 1 aliphatic heterocycles. The summed E-state index contributed by atoms with van der Waals surface area (Å²) in [5.41, 5.74) is 0. The topological polar surface area (TPSA) is 69.6 Å². The molecule has 2 fully saturated rings. The number of carbonyl (C=O) groups excluding carboxylic acids is 1. The number of likely N-dealkylation sites (tertiary alicyclic amines) is 1. The average Bonchev–Trinajstić information content (AvgIpc) is 3.17. The van der Waals surface area contributed by atoms with Gasteiger partial charge >= 0.3 is 5.97 Å². The fraction of sp³-hybridized carbons (Fsp3) is 0.857. The molecular weight excluding hydrogens is 244 g/mol. The van der Waals surface area contributed by atoms with Gasteiger partial charge in [0.25, 0.3) is 0 Å². The van der Waals surface area contributed by atoms with E-state index in [1.54, 1.807) is 0 Å². The molecule has 5 nitrogen and oxygen atoms in total. The van der Waals surface area contributed by atoms with Crippen molar-refractivity contribution < 1.29 is 14.7 Å². The zero-order valence-corrected chi connectivity index (χ0v) is 11.6. The molecule has 1 amide bonds. The van der Waals surface area contributed by atoms with E-state index in [0.29, 0.717) is 13.0 Å². The minimum atomic E-state index is -0.845. The molecule has 19 heavy (non-hydrogen) atoms. The van der Waals surface area contributed by atoms with E-state index in [1.165, 1.54) is 25.9 Å². The van der Waals surface area contributed by atoms with Gasteiger partial charge in [-0.2, -0.15) is 0 Å². The Morgan fingerprint density at radius 1 is 1.26 bits per heavy atom. The van der Waals surface area contributed by atoms with Crippen LogP contribution in [-0.4, -0.2) is 48.1 Å². The predicted molar refractivity (Wildman–Crippen MR) is 71.7 cm³/mol. The summed E-state index contributed by atoms with van der Waals surface area (Å²) in [4.78, 5) is 24.7. The van der Waals surface area contributed by atoms with Crippen molar-refractivity contribution in [3.8, 4) is 0 Å². The van der Waals surface area contributed by atoms with E-state index in [2.05, 4.69) is 17.1 Å². The lowest BCUT2D eigenvalue weighted by Crippen LogP contribution is -2.35. The van der Waals surface area contributed by atoms with Crippen molar-refractivity contribution in [2.24, 2.45) is 17.8 Å². The normalized spacial score (nSPS) is 28.1. The molecule has 1 saturated heterocycles. The summed E-state index contributed by atoms with van der Waals surface area (Å²) in [6.07, 6.45) is 4.00. The van der Waals surface area contributed by atoms with Crippen molar-refractivity contribution in [2.75, 3.05) is 26.2 Å². The Hall–Kier alpha value is -1.10. The van der Waals surface area contributed by atoms with E-state index in [-0.39, 0.29) is 11.8 Å². The van der Waals surface area contributed by atoms with Crippen LogP contribution >= 0.6 is 0 Å². The van der Waals surface area contributed by atoms with Crippen LogP contribution in [0, 0.1) is 17.8 Å². The molecule has 0 aromatic heterocycles. The number of nitrogens with zero attached hydrogens (tertiary/aromatic N) is 1. The third kappa shape index (κ3) is 4.20. The summed E-state index contributed by atoms with van der Waals surface area (Å²) in [6.45, 7) is 6.32. The van der Waals surface area contributed by atoms with Crippen molar-refractivity contribution >= 4 is 11.9 Å². The molecule has 2 aliphatic rings. The second kappa shape index (κ2) is 6.37. The number of hydrogen-bond donors (Lipinski definition) is 2. The van der Waals surface area contributed by atoms with Gasteiger partial charge in [-0.15, -0.1) is 0 Å². The number of nitrogens with one attached hydrogen (secondary N) is 1. The minimum Gasteiger partial charge on any atom is -0.481 e. The van der Waals surface area contributed by atoms with Gasteiger partial charge in [-0.1, -0.05) is 6.92 Å². The summed E-state index contributed by atoms with van der Waals surface area (Å²) in [5.74, 6) is -0.807. The van der Waals surface area contributed by atoms with Gasteiger partial charge in [0.05, 0.1) is 11.8 Å². The summed E-state index contributed by atoms with van der Waals surface area (Å²) in [7, 11) is 0. The van der Waals surface area contributed by atoms with Crippen LogP contribution in [0.4, 0.5) is 0 Å². The molecule has 2 rings (SSSR count). The number of carboxylic acid groups (broad SMARTS) is 1. The van der Waals surface area contributed by atoms with Crippen LogP contribution in [0.5, 0.6) is 0 Å². The quantitative estimate of drug-likeness (QED) is 0.704. The Morgan fingerprint density at radius 2 is 1.95 bits per heavy atom. The van der Waals surface area contributed by atoms with Gasteiger partial charge in [0.15, 0.2) is 0 Å². The summed E-state index contributed by atoms with van der Waals surface area (Å²) >= 11 is 0. The van der Waals surface area contributed by atoms with E-state index >= 15 is 0 Å². The highest BCUT2D eigenvalue weighted by molar-refractivity contribution is 5.89. The van der Waals surface area contributed by atoms with Crippen LogP contribution < -0.4 is 5.32 Å². The van der Waals surface area contributed by atoms with Crippen LogP contribution in [-0.2, 0) is 9.59 Å². The average molecular weight is 268 g/mol. The first-order valence-electron chi connectivity index (χ1n) is 7.31. The van der Waals surface area contributed by atoms with Gasteiger partial charge < -0.3 is 15.3 Å². The van der Waals surface area contributed by atoms with Gasteiger partial charge in [0.2, 0.25) is 5.91 Å². The van der Waals surface area contributed by atoms with Crippen LogP contribution in [0.15, 0.2) is 0 Å². The molecule has 5 heteroatoms. The number of aliphatic carboxylic acids is 1. The number of carbonyl (C=O) groups is 2. The second-order valence-electron chi connectivity index (χ2n) is 5.96. The Balaban J connectivity index is 1.53. The largest absolute Gasteiger partial charge is 0.481 e. The van der Waals surface area contributed by atoms with Gasteiger partial charge in [-0.25, -0.2) is 0 Å². The number of hydrogen-bond acceptors (Lipinski definition) is 3. The van der Waals surface area contributed by atoms with Crippen LogP contribution in [0.25, 0.3) is 0 Å². The molecule has 0 radical (unpaired) electrons. The molecule has 108 valence electrons. The van der Waals surface area contributed by atoms with Crippen molar-refractivity contribution in [2.45, 2.75) is 32.6 Å². The van der Waals surface area contributed by atoms with Crippen molar-refractivity contribution in [3.63, 3.8) is 0 Å². The maximum absolute atomic E-state index is 11.6. The second-order valence-corrected chi connectivity index (χ2v) is 5.96. The molecule has 1 aliphatic carbocycles. The third-order valence-corrected chi connectivity index (χ3v) is 4.27. The molecule has 0 spiro atoms. The third-order valence-electron chi connectivity index (χ3n) is 4.27. The number of piperidine rings is 1. The molecule has 2 N–H and O–H groups in total. The van der Waals surface area contributed by atoms with Gasteiger partial charge in [0, 0.05) is 6.54 Å². The highest BCUT2D eigenvalue weighted by Crippen LogP contribution is 2.38. The van der Waals surface area contributed by atoms with E-state index in [4.69, 9.17) is 5.11 Å². The molecular formula is C14H24N2O3. The molecule has 2 atom stereocenters. The summed E-state index contributed by atoms with van der Waals surface area (Å²) in [5, 5.41) is 11.6. The Kier molecular flexibility index (Phi) is 4.80. The smallest absolute Gasteiger partial charge is 0.307 e. The van der Waals surface area contributed by atoms with Crippen LogP contribution in [0.2, 0.25) is 0 Å². The molecule has 0 aromatic rings. The Labute approximate surface area is 114 Å². The fourth-order valence-corrected chi connectivity index (χ4v) is 2.69. The van der Waals surface area contributed by atoms with E-state index in [1.807, 2.05) is 0 Å². The number of carboxylic acids is 1. The maximum atomic E-state index is 11.6. The predicted octanol–water partition coefficient (Wildman–Crippen LogP) is 0.945. The van der Waals surface area contributed by atoms with Crippen molar-refractivity contribution in [1.29, 1.82) is 0 Å². The molecule has 2 unspecified atom stereocenters. The monoisotopic (exact) mass is 268 g/mol. The summed E-state index contributed by atoms with van der Waals surface area (Å²) in [6, 6.07) is 0. The first-order valence-corrected chi connectivity index (χ1v) is 7.31. The van der Waals surface area contributed by atoms with E-state index in [9.17, 15) is 9.59 Å². The number of amides is 1. The van der Waals surface area contributed by atoms with Crippen molar-refractivity contribution in [3.05, 3.63) is 0 Å². The Morgan fingerprint density at radius 3 is 2.53 bits per heavy atom. The maximum Gasteiger partial charge on any atom is 0.307 e.